The molecular weight excluding hydrogens is 356 g/mol. The van der Waals surface area contributed by atoms with Crippen LogP contribution in [-0.2, 0) is 19.2 Å². The molecule has 0 aromatic heterocycles. The minimum atomic E-state index is -0.712. The highest BCUT2D eigenvalue weighted by atomic mass is 16.2. The number of Topliss-reactive ketones (excluding diaryl/α,β-unsaturated/α-hetero) is 2. The van der Waals surface area contributed by atoms with E-state index in [-0.39, 0.29) is 24.4 Å². The second-order valence-corrected chi connectivity index (χ2v) is 9.34. The summed E-state index contributed by atoms with van der Waals surface area (Å²) in [6.45, 7) is 10.7. The van der Waals surface area contributed by atoms with Crippen LogP contribution in [0.2, 0.25) is 0 Å². The van der Waals surface area contributed by atoms with Crippen LogP contribution in [0.15, 0.2) is 24.3 Å². The largest absolute Gasteiger partial charge is 0.370 e. The van der Waals surface area contributed by atoms with Crippen molar-refractivity contribution in [3.05, 3.63) is 35.4 Å². The molecule has 0 aliphatic rings. The third-order valence-electron chi connectivity index (χ3n) is 4.64. The number of rotatable bonds is 8. The second-order valence-electron chi connectivity index (χ2n) is 9.34. The van der Waals surface area contributed by atoms with Crippen LogP contribution in [-0.4, -0.2) is 23.4 Å². The van der Waals surface area contributed by atoms with Gasteiger partial charge in [0.15, 0.2) is 0 Å². The number of ketones is 2. The van der Waals surface area contributed by atoms with E-state index in [4.69, 9.17) is 11.5 Å². The molecule has 6 heteroatoms. The Labute approximate surface area is 167 Å². The Balaban J connectivity index is 3.46. The molecule has 6 nitrogen and oxygen atoms in total. The molecule has 2 amide bonds. The molecule has 1 aromatic rings. The molecule has 1 rings (SSSR count). The van der Waals surface area contributed by atoms with Crippen molar-refractivity contribution < 1.29 is 19.2 Å². The number of nitrogens with two attached hydrogens (primary N) is 2. The van der Waals surface area contributed by atoms with Crippen LogP contribution in [0.3, 0.4) is 0 Å². The van der Waals surface area contributed by atoms with Crippen molar-refractivity contribution in [2.75, 3.05) is 0 Å². The predicted octanol–water partition coefficient (Wildman–Crippen LogP) is 2.84. The van der Waals surface area contributed by atoms with Crippen molar-refractivity contribution in [3.8, 4) is 0 Å². The van der Waals surface area contributed by atoms with Gasteiger partial charge >= 0.3 is 0 Å². The van der Waals surface area contributed by atoms with Gasteiger partial charge in [0, 0.05) is 23.7 Å². The molecule has 2 unspecified atom stereocenters. The van der Waals surface area contributed by atoms with Gasteiger partial charge in [-0.05, 0) is 11.1 Å². The molecule has 154 valence electrons. The lowest BCUT2D eigenvalue weighted by Crippen LogP contribution is -2.31. The van der Waals surface area contributed by atoms with Crippen LogP contribution in [0, 0.1) is 10.8 Å². The standard InChI is InChI=1S/C22H32N2O4/c1-21(2,3)19(27)15(11-17(23)25)13-8-7-9-14(10-13)16(12-18(24)26)20(28)22(4,5)6/h7-10,15-16H,11-12H2,1-6H3,(H2,23,25)(H2,24,26). The molecule has 0 spiro atoms. The molecule has 0 bridgehead atoms. The smallest absolute Gasteiger partial charge is 0.218 e. The summed E-state index contributed by atoms with van der Waals surface area (Å²) in [6.07, 6.45) is -0.236. The summed E-state index contributed by atoms with van der Waals surface area (Å²) in [5.74, 6) is -2.80. The minimum Gasteiger partial charge on any atom is -0.370 e. The third kappa shape index (κ3) is 6.29. The van der Waals surface area contributed by atoms with Gasteiger partial charge in [0.25, 0.3) is 0 Å². The maximum Gasteiger partial charge on any atom is 0.218 e. The molecular formula is C22H32N2O4. The van der Waals surface area contributed by atoms with Gasteiger partial charge in [-0.2, -0.15) is 0 Å². The molecule has 1 aromatic carbocycles. The summed E-state index contributed by atoms with van der Waals surface area (Å²) in [7, 11) is 0. The Morgan fingerprint density at radius 2 is 1.07 bits per heavy atom. The topological polar surface area (TPSA) is 120 Å². The number of primary amides is 2. The normalized spacial score (nSPS) is 14.2. The van der Waals surface area contributed by atoms with E-state index in [0.29, 0.717) is 11.1 Å². The minimum absolute atomic E-state index is 0.114. The summed E-state index contributed by atoms with van der Waals surface area (Å²) in [6, 6.07) is 6.92. The van der Waals surface area contributed by atoms with Gasteiger partial charge in [0.2, 0.25) is 11.8 Å². The number of carbonyl (C=O) groups is 4. The molecule has 0 radical (unpaired) electrons. The van der Waals surface area contributed by atoms with Gasteiger partial charge in [-0.15, -0.1) is 0 Å². The summed E-state index contributed by atoms with van der Waals surface area (Å²) in [5.41, 5.74) is 10.6. The van der Waals surface area contributed by atoms with Crippen LogP contribution < -0.4 is 11.5 Å². The maximum atomic E-state index is 12.9. The van der Waals surface area contributed by atoms with Crippen molar-refractivity contribution in [3.63, 3.8) is 0 Å². The van der Waals surface area contributed by atoms with Crippen molar-refractivity contribution in [1.29, 1.82) is 0 Å². The van der Waals surface area contributed by atoms with Gasteiger partial charge in [-0.3, -0.25) is 19.2 Å². The maximum absolute atomic E-state index is 12.9. The van der Waals surface area contributed by atoms with Gasteiger partial charge in [0.05, 0.1) is 11.8 Å². The van der Waals surface area contributed by atoms with Crippen LogP contribution in [0.4, 0.5) is 0 Å². The molecule has 0 saturated carbocycles. The zero-order chi connectivity index (χ0) is 21.9. The lowest BCUT2D eigenvalue weighted by atomic mass is 9.75. The molecule has 0 aliphatic heterocycles. The highest BCUT2D eigenvalue weighted by Gasteiger charge is 2.34. The zero-order valence-electron chi connectivity index (χ0n) is 17.7. The highest BCUT2D eigenvalue weighted by Crippen LogP contribution is 2.34. The van der Waals surface area contributed by atoms with Gasteiger partial charge in [0.1, 0.15) is 11.6 Å². The van der Waals surface area contributed by atoms with Crippen molar-refractivity contribution in [2.45, 2.75) is 66.2 Å². The summed E-state index contributed by atoms with van der Waals surface area (Å²) in [5, 5.41) is 0. The fourth-order valence-corrected chi connectivity index (χ4v) is 3.16. The molecule has 0 fully saturated rings. The zero-order valence-corrected chi connectivity index (χ0v) is 17.7. The van der Waals surface area contributed by atoms with Crippen LogP contribution in [0.25, 0.3) is 0 Å². The van der Waals surface area contributed by atoms with Crippen LogP contribution >= 0.6 is 0 Å². The van der Waals surface area contributed by atoms with Crippen molar-refractivity contribution >= 4 is 23.4 Å². The fraction of sp³-hybridized carbons (Fsp3) is 0.545. The molecule has 0 saturated heterocycles. The lowest BCUT2D eigenvalue weighted by molar-refractivity contribution is -0.130. The Morgan fingerprint density at radius 1 is 0.750 bits per heavy atom. The Bertz CT molecular complexity index is 708. The number of carbonyl (C=O) groups excluding carboxylic acids is 4. The van der Waals surface area contributed by atoms with Crippen LogP contribution in [0.5, 0.6) is 0 Å². The first-order chi connectivity index (χ1) is 12.6. The average molecular weight is 389 g/mol. The lowest BCUT2D eigenvalue weighted by Gasteiger charge is -2.27. The molecule has 4 N–H and O–H groups in total. The van der Waals surface area contributed by atoms with E-state index in [9.17, 15) is 19.2 Å². The first kappa shape index (κ1) is 23.5. The van der Waals surface area contributed by atoms with Crippen LogP contribution in [0.1, 0.15) is 77.3 Å². The Morgan fingerprint density at radius 3 is 1.32 bits per heavy atom. The number of hydrogen-bond acceptors (Lipinski definition) is 4. The SMILES string of the molecule is CC(C)(C)C(=O)C(CC(N)=O)c1cccc(C(CC(N)=O)C(=O)C(C)(C)C)c1. The third-order valence-corrected chi connectivity index (χ3v) is 4.64. The van der Waals surface area contributed by atoms with Gasteiger partial charge in [-0.1, -0.05) is 65.8 Å². The Hall–Kier alpha value is -2.50. The molecule has 0 aliphatic carbocycles. The fourth-order valence-electron chi connectivity index (χ4n) is 3.16. The van der Waals surface area contributed by atoms with E-state index in [2.05, 4.69) is 0 Å². The number of hydrogen-bond donors (Lipinski definition) is 2. The average Bonchev–Trinajstić information content (AvgIpc) is 2.54. The van der Waals surface area contributed by atoms with Crippen molar-refractivity contribution in [2.24, 2.45) is 22.3 Å². The molecule has 2 atom stereocenters. The van der Waals surface area contributed by atoms with Gasteiger partial charge < -0.3 is 11.5 Å². The quantitative estimate of drug-likeness (QED) is 0.711. The molecule has 28 heavy (non-hydrogen) atoms. The molecule has 0 heterocycles. The van der Waals surface area contributed by atoms with E-state index in [0.717, 1.165) is 0 Å². The number of benzene rings is 1. The van der Waals surface area contributed by atoms with E-state index >= 15 is 0 Å². The first-order valence-corrected chi connectivity index (χ1v) is 9.39. The summed E-state index contributed by atoms with van der Waals surface area (Å²) >= 11 is 0. The van der Waals surface area contributed by atoms with E-state index in [1.165, 1.54) is 0 Å². The van der Waals surface area contributed by atoms with E-state index in [1.54, 1.807) is 65.8 Å². The monoisotopic (exact) mass is 388 g/mol. The number of amides is 2. The first-order valence-electron chi connectivity index (χ1n) is 9.39. The second kappa shape index (κ2) is 8.67. The predicted molar refractivity (Wildman–Crippen MR) is 108 cm³/mol. The van der Waals surface area contributed by atoms with E-state index < -0.39 is 34.5 Å². The highest BCUT2D eigenvalue weighted by molar-refractivity contribution is 5.95. The van der Waals surface area contributed by atoms with E-state index in [1.807, 2.05) is 0 Å². The van der Waals surface area contributed by atoms with Gasteiger partial charge in [-0.25, -0.2) is 0 Å². The Kier molecular flexibility index (Phi) is 7.29. The summed E-state index contributed by atoms with van der Waals surface area (Å²) < 4.78 is 0. The summed E-state index contributed by atoms with van der Waals surface area (Å²) in [4.78, 5) is 49.0. The van der Waals surface area contributed by atoms with Crippen molar-refractivity contribution in [1.82, 2.24) is 0 Å².